The summed E-state index contributed by atoms with van der Waals surface area (Å²) < 4.78 is 1.78. The number of nitrogens with one attached hydrogen (secondary N) is 1. The van der Waals surface area contributed by atoms with Gasteiger partial charge in [0.1, 0.15) is 0 Å². The summed E-state index contributed by atoms with van der Waals surface area (Å²) in [7, 11) is 1.86. The Morgan fingerprint density at radius 3 is 2.45 bits per heavy atom. The number of piperidine rings is 1. The number of hydrogen-bond donors (Lipinski definition) is 1. The summed E-state index contributed by atoms with van der Waals surface area (Å²) in [5.74, 6) is -0.238. The third kappa shape index (κ3) is 5.26. The number of carbonyl (C=O) groups excluding carboxylic acids is 3. The minimum Gasteiger partial charge on any atom is -0.350 e. The minimum atomic E-state index is -0.139. The van der Waals surface area contributed by atoms with Crippen LogP contribution in [-0.2, 0) is 29.6 Å². The van der Waals surface area contributed by atoms with E-state index in [1.807, 2.05) is 49.2 Å². The Hall–Kier alpha value is -3.16. The SMILES string of the molecule is C[C@@H](NC(=O)CCC(=O)N1CCc2c(c(C(=O)N3CCCCC3)nn2C)C1)c1ccccc1. The number of aryl methyl sites for hydroxylation is 1. The van der Waals surface area contributed by atoms with Gasteiger partial charge in [-0.25, -0.2) is 0 Å². The van der Waals surface area contributed by atoms with E-state index in [2.05, 4.69) is 10.4 Å². The van der Waals surface area contributed by atoms with Crippen molar-refractivity contribution >= 4 is 17.7 Å². The van der Waals surface area contributed by atoms with Crippen LogP contribution in [0.2, 0.25) is 0 Å². The van der Waals surface area contributed by atoms with E-state index >= 15 is 0 Å². The Labute approximate surface area is 194 Å². The fraction of sp³-hybridized carbons (Fsp3) is 0.520. The molecule has 3 amide bonds. The third-order valence-corrected chi connectivity index (χ3v) is 6.68. The van der Waals surface area contributed by atoms with Crippen molar-refractivity contribution in [3.63, 3.8) is 0 Å². The normalized spacial score (nSPS) is 16.8. The molecule has 0 aliphatic carbocycles. The molecule has 8 nitrogen and oxygen atoms in total. The number of nitrogens with zero attached hydrogens (tertiary/aromatic N) is 4. The summed E-state index contributed by atoms with van der Waals surface area (Å²) in [5.41, 5.74) is 3.38. The molecule has 0 radical (unpaired) electrons. The van der Waals surface area contributed by atoms with Crippen LogP contribution in [0, 0.1) is 0 Å². The number of rotatable bonds is 6. The van der Waals surface area contributed by atoms with Gasteiger partial charge in [-0.15, -0.1) is 0 Å². The number of amides is 3. The molecule has 3 heterocycles. The molecule has 33 heavy (non-hydrogen) atoms. The number of hydrogen-bond acceptors (Lipinski definition) is 4. The van der Waals surface area contributed by atoms with E-state index in [1.165, 1.54) is 0 Å². The fourth-order valence-corrected chi connectivity index (χ4v) is 4.74. The van der Waals surface area contributed by atoms with E-state index in [0.717, 1.165) is 49.2 Å². The first kappa shape index (κ1) is 23.0. The monoisotopic (exact) mass is 451 g/mol. The second-order valence-electron chi connectivity index (χ2n) is 9.02. The molecule has 0 saturated carbocycles. The summed E-state index contributed by atoms with van der Waals surface area (Å²) in [5, 5.41) is 7.48. The molecule has 1 saturated heterocycles. The highest BCUT2D eigenvalue weighted by Crippen LogP contribution is 2.25. The summed E-state index contributed by atoms with van der Waals surface area (Å²) >= 11 is 0. The van der Waals surface area contributed by atoms with Crippen LogP contribution >= 0.6 is 0 Å². The summed E-state index contributed by atoms with van der Waals surface area (Å²) in [6, 6.07) is 9.65. The predicted molar refractivity (Wildman–Crippen MR) is 124 cm³/mol. The molecule has 1 fully saturated rings. The van der Waals surface area contributed by atoms with Crippen LogP contribution in [0.1, 0.15) is 72.4 Å². The Morgan fingerprint density at radius 2 is 1.73 bits per heavy atom. The van der Waals surface area contributed by atoms with Crippen molar-refractivity contribution in [2.45, 2.75) is 58.0 Å². The van der Waals surface area contributed by atoms with E-state index in [0.29, 0.717) is 25.2 Å². The van der Waals surface area contributed by atoms with E-state index in [1.54, 1.807) is 9.58 Å². The van der Waals surface area contributed by atoms with Gasteiger partial charge in [-0.2, -0.15) is 5.10 Å². The zero-order chi connectivity index (χ0) is 23.4. The predicted octanol–water partition coefficient (Wildman–Crippen LogP) is 2.59. The number of likely N-dealkylation sites (tertiary alicyclic amines) is 1. The fourth-order valence-electron chi connectivity index (χ4n) is 4.74. The van der Waals surface area contributed by atoms with Crippen LogP contribution in [0.15, 0.2) is 30.3 Å². The summed E-state index contributed by atoms with van der Waals surface area (Å²) in [6.07, 6.45) is 4.16. The largest absolute Gasteiger partial charge is 0.350 e. The molecule has 1 aromatic carbocycles. The van der Waals surface area contributed by atoms with Gasteiger partial charge in [-0.3, -0.25) is 19.1 Å². The van der Waals surface area contributed by atoms with E-state index in [4.69, 9.17) is 0 Å². The first-order valence-corrected chi connectivity index (χ1v) is 11.9. The lowest BCUT2D eigenvalue weighted by atomic mass is 10.0. The Balaban J connectivity index is 1.34. The third-order valence-electron chi connectivity index (χ3n) is 6.68. The van der Waals surface area contributed by atoms with Crippen molar-refractivity contribution in [1.82, 2.24) is 24.9 Å². The first-order chi connectivity index (χ1) is 15.9. The topological polar surface area (TPSA) is 87.5 Å². The standard InChI is InChI=1S/C25H33N5O3/c1-18(19-9-5-3-6-10-19)26-22(31)11-12-23(32)30-16-13-21-20(17-30)24(27-28(21)2)25(33)29-14-7-4-8-15-29/h3,5-6,9-10,18H,4,7-8,11-17H2,1-2H3,(H,26,31)/t18-/m1/s1. The molecule has 0 unspecified atom stereocenters. The van der Waals surface area contributed by atoms with E-state index in [9.17, 15) is 14.4 Å². The average molecular weight is 452 g/mol. The molecule has 1 atom stereocenters. The molecular weight excluding hydrogens is 418 g/mol. The average Bonchev–Trinajstić information content (AvgIpc) is 3.18. The second-order valence-corrected chi connectivity index (χ2v) is 9.02. The molecular formula is C25H33N5O3. The minimum absolute atomic E-state index is 0.0323. The van der Waals surface area contributed by atoms with Crippen molar-refractivity contribution in [3.8, 4) is 0 Å². The van der Waals surface area contributed by atoms with Gasteiger partial charge in [0.25, 0.3) is 5.91 Å². The maximum absolute atomic E-state index is 13.1. The van der Waals surface area contributed by atoms with Crippen LogP contribution < -0.4 is 5.32 Å². The first-order valence-electron chi connectivity index (χ1n) is 11.9. The number of benzene rings is 1. The molecule has 1 N–H and O–H groups in total. The van der Waals surface area contributed by atoms with Crippen molar-refractivity contribution in [1.29, 1.82) is 0 Å². The van der Waals surface area contributed by atoms with Crippen LogP contribution in [0.25, 0.3) is 0 Å². The lowest BCUT2D eigenvalue weighted by Crippen LogP contribution is -2.39. The second kappa shape index (κ2) is 10.2. The molecule has 4 rings (SSSR count). The van der Waals surface area contributed by atoms with Crippen LogP contribution in [0.5, 0.6) is 0 Å². The van der Waals surface area contributed by atoms with Gasteiger partial charge in [-0.05, 0) is 31.7 Å². The van der Waals surface area contributed by atoms with Crippen molar-refractivity contribution in [3.05, 3.63) is 52.8 Å². The zero-order valence-electron chi connectivity index (χ0n) is 19.5. The number of aromatic nitrogens is 2. The molecule has 8 heteroatoms. The summed E-state index contributed by atoms with van der Waals surface area (Å²) in [4.78, 5) is 42.0. The quantitative estimate of drug-likeness (QED) is 0.731. The maximum atomic E-state index is 13.1. The van der Waals surface area contributed by atoms with Gasteiger partial charge < -0.3 is 15.1 Å². The smallest absolute Gasteiger partial charge is 0.274 e. The van der Waals surface area contributed by atoms with Crippen molar-refractivity contribution < 1.29 is 14.4 Å². The van der Waals surface area contributed by atoms with Gasteiger partial charge >= 0.3 is 0 Å². The highest BCUT2D eigenvalue weighted by molar-refractivity contribution is 5.94. The van der Waals surface area contributed by atoms with Gasteiger partial charge in [0, 0.05) is 63.7 Å². The molecule has 2 aliphatic rings. The van der Waals surface area contributed by atoms with Gasteiger partial charge in [0.15, 0.2) is 5.69 Å². The molecule has 1 aromatic heterocycles. The van der Waals surface area contributed by atoms with Gasteiger partial charge in [-0.1, -0.05) is 30.3 Å². The maximum Gasteiger partial charge on any atom is 0.274 e. The Kier molecular flexibility index (Phi) is 7.11. The zero-order valence-corrected chi connectivity index (χ0v) is 19.5. The highest BCUT2D eigenvalue weighted by atomic mass is 16.2. The Morgan fingerprint density at radius 1 is 1.00 bits per heavy atom. The Bertz CT molecular complexity index is 1010. The molecule has 2 aliphatic heterocycles. The summed E-state index contributed by atoms with van der Waals surface area (Å²) in [6.45, 7) is 4.42. The van der Waals surface area contributed by atoms with Gasteiger partial charge in [0.2, 0.25) is 11.8 Å². The van der Waals surface area contributed by atoms with Crippen LogP contribution in [-0.4, -0.2) is 56.9 Å². The van der Waals surface area contributed by atoms with Gasteiger partial charge in [0.05, 0.1) is 6.04 Å². The molecule has 2 aromatic rings. The highest BCUT2D eigenvalue weighted by Gasteiger charge is 2.31. The van der Waals surface area contributed by atoms with E-state index in [-0.39, 0.29) is 36.6 Å². The van der Waals surface area contributed by atoms with Crippen LogP contribution in [0.3, 0.4) is 0 Å². The number of fused-ring (bicyclic) bond motifs is 1. The molecule has 0 bridgehead atoms. The van der Waals surface area contributed by atoms with Crippen molar-refractivity contribution in [2.75, 3.05) is 19.6 Å². The molecule has 0 spiro atoms. The van der Waals surface area contributed by atoms with Crippen LogP contribution in [0.4, 0.5) is 0 Å². The molecule has 176 valence electrons. The van der Waals surface area contributed by atoms with Crippen molar-refractivity contribution in [2.24, 2.45) is 7.05 Å². The number of carbonyl (C=O) groups is 3. The lowest BCUT2D eigenvalue weighted by molar-refractivity contribution is -0.134. The lowest BCUT2D eigenvalue weighted by Gasteiger charge is -2.29. The van der Waals surface area contributed by atoms with E-state index < -0.39 is 0 Å².